The van der Waals surface area contributed by atoms with Gasteiger partial charge >= 0.3 is 11.9 Å². The minimum absolute atomic E-state index is 0.296. The van der Waals surface area contributed by atoms with Gasteiger partial charge in [-0.2, -0.15) is 0 Å². The van der Waals surface area contributed by atoms with E-state index in [1.54, 1.807) is 6.92 Å². The van der Waals surface area contributed by atoms with Crippen LogP contribution in [-0.2, 0) is 9.59 Å². The van der Waals surface area contributed by atoms with Gasteiger partial charge in [-0.05, 0) is 12.3 Å². The van der Waals surface area contributed by atoms with E-state index in [2.05, 4.69) is 0 Å². The third-order valence-corrected chi connectivity index (χ3v) is 2.11. The van der Waals surface area contributed by atoms with Crippen molar-refractivity contribution in [2.75, 3.05) is 0 Å². The Morgan fingerprint density at radius 2 is 1.69 bits per heavy atom. The van der Waals surface area contributed by atoms with E-state index in [9.17, 15) is 9.59 Å². The molecule has 0 saturated heterocycles. The maximum Gasteiger partial charge on any atom is 0.318 e. The second-order valence-electron chi connectivity index (χ2n) is 3.27. The van der Waals surface area contributed by atoms with Gasteiger partial charge in [0.05, 0.1) is 0 Å². The quantitative estimate of drug-likeness (QED) is 0.621. The third-order valence-electron chi connectivity index (χ3n) is 2.11. The molecule has 0 aliphatic rings. The van der Waals surface area contributed by atoms with Crippen molar-refractivity contribution in [3.8, 4) is 0 Å². The fourth-order valence-corrected chi connectivity index (χ4v) is 1.29. The minimum Gasteiger partial charge on any atom is -0.481 e. The molecule has 0 fully saturated rings. The highest BCUT2D eigenvalue weighted by Crippen LogP contribution is 2.18. The van der Waals surface area contributed by atoms with Crippen LogP contribution in [0.1, 0.15) is 33.1 Å². The Labute approximate surface area is 77.6 Å². The molecule has 0 unspecified atom stereocenters. The Morgan fingerprint density at radius 3 is 2.00 bits per heavy atom. The van der Waals surface area contributed by atoms with Gasteiger partial charge in [0, 0.05) is 0 Å². The van der Waals surface area contributed by atoms with Crippen molar-refractivity contribution < 1.29 is 19.8 Å². The zero-order chi connectivity index (χ0) is 10.4. The molecule has 0 aliphatic carbocycles. The normalized spacial score (nSPS) is 12.8. The lowest BCUT2D eigenvalue weighted by molar-refractivity contribution is -0.157. The Morgan fingerprint density at radius 1 is 1.23 bits per heavy atom. The molecule has 4 heteroatoms. The Hall–Kier alpha value is -1.06. The van der Waals surface area contributed by atoms with Gasteiger partial charge in [-0.3, -0.25) is 9.59 Å². The first-order chi connectivity index (χ1) is 6.00. The largest absolute Gasteiger partial charge is 0.481 e. The van der Waals surface area contributed by atoms with Gasteiger partial charge in [0.2, 0.25) is 0 Å². The maximum atomic E-state index is 10.6. The van der Waals surface area contributed by atoms with Crippen molar-refractivity contribution >= 4 is 11.9 Å². The highest BCUT2D eigenvalue weighted by Gasteiger charge is 2.31. The van der Waals surface area contributed by atoms with Gasteiger partial charge in [-0.25, -0.2) is 0 Å². The fraction of sp³-hybridized carbons (Fsp3) is 0.778. The maximum absolute atomic E-state index is 10.6. The van der Waals surface area contributed by atoms with Crippen LogP contribution < -0.4 is 0 Å². The number of carboxylic acids is 2. The van der Waals surface area contributed by atoms with Crippen molar-refractivity contribution in [3.05, 3.63) is 0 Å². The number of carboxylic acid groups (broad SMARTS) is 2. The van der Waals surface area contributed by atoms with Gasteiger partial charge in [0.1, 0.15) is 0 Å². The SMILES string of the molecule is CCCC[C@@H](C)C(C(=O)O)C(=O)O. The molecule has 1 atom stereocenters. The molecule has 0 radical (unpaired) electrons. The highest BCUT2D eigenvalue weighted by molar-refractivity contribution is 5.93. The summed E-state index contributed by atoms with van der Waals surface area (Å²) in [5, 5.41) is 17.3. The lowest BCUT2D eigenvalue weighted by atomic mass is 9.90. The van der Waals surface area contributed by atoms with E-state index < -0.39 is 17.9 Å². The summed E-state index contributed by atoms with van der Waals surface area (Å²) in [7, 11) is 0. The van der Waals surface area contributed by atoms with Crippen molar-refractivity contribution in [2.45, 2.75) is 33.1 Å². The average molecular weight is 188 g/mol. The molecule has 76 valence electrons. The topological polar surface area (TPSA) is 74.6 Å². The van der Waals surface area contributed by atoms with Crippen LogP contribution in [-0.4, -0.2) is 22.2 Å². The molecule has 0 aromatic rings. The second kappa shape index (κ2) is 5.56. The van der Waals surface area contributed by atoms with Crippen molar-refractivity contribution in [1.29, 1.82) is 0 Å². The van der Waals surface area contributed by atoms with Crippen LogP contribution in [0.2, 0.25) is 0 Å². The summed E-state index contributed by atoms with van der Waals surface area (Å²) in [6.07, 6.45) is 2.48. The van der Waals surface area contributed by atoms with Crippen LogP contribution in [0.5, 0.6) is 0 Å². The van der Waals surface area contributed by atoms with E-state index in [1.165, 1.54) is 0 Å². The molecule has 0 spiro atoms. The molecule has 0 rings (SSSR count). The standard InChI is InChI=1S/C9H16O4/c1-3-4-5-6(2)7(8(10)11)9(12)13/h6-7H,3-5H2,1-2H3,(H,10,11)(H,12,13)/t6-/m1/s1. The van der Waals surface area contributed by atoms with Crippen molar-refractivity contribution in [1.82, 2.24) is 0 Å². The van der Waals surface area contributed by atoms with Crippen LogP contribution >= 0.6 is 0 Å². The number of hydrogen-bond donors (Lipinski definition) is 2. The lowest BCUT2D eigenvalue weighted by Gasteiger charge is -2.15. The number of hydrogen-bond acceptors (Lipinski definition) is 2. The zero-order valence-electron chi connectivity index (χ0n) is 7.99. The number of rotatable bonds is 6. The number of aliphatic carboxylic acids is 2. The van der Waals surface area contributed by atoms with E-state index in [1.807, 2.05) is 6.92 Å². The molecule has 2 N–H and O–H groups in total. The summed E-state index contributed by atoms with van der Waals surface area (Å²) >= 11 is 0. The van der Waals surface area contributed by atoms with Crippen molar-refractivity contribution in [3.63, 3.8) is 0 Å². The molecule has 0 aromatic carbocycles. The van der Waals surface area contributed by atoms with Crippen LogP contribution in [0.3, 0.4) is 0 Å². The van der Waals surface area contributed by atoms with E-state index >= 15 is 0 Å². The molecule has 0 bridgehead atoms. The fourth-order valence-electron chi connectivity index (χ4n) is 1.29. The van der Waals surface area contributed by atoms with Gasteiger partial charge in [0.15, 0.2) is 5.92 Å². The smallest absolute Gasteiger partial charge is 0.318 e. The van der Waals surface area contributed by atoms with Crippen molar-refractivity contribution in [2.24, 2.45) is 11.8 Å². The monoisotopic (exact) mass is 188 g/mol. The van der Waals surface area contributed by atoms with Crippen LogP contribution in [0.25, 0.3) is 0 Å². The summed E-state index contributed by atoms with van der Waals surface area (Å²) in [5.74, 6) is -4.03. The summed E-state index contributed by atoms with van der Waals surface area (Å²) in [5.41, 5.74) is 0. The molecular weight excluding hydrogens is 172 g/mol. The summed E-state index contributed by atoms with van der Waals surface area (Å²) in [6.45, 7) is 3.66. The molecule has 4 nitrogen and oxygen atoms in total. The summed E-state index contributed by atoms with van der Waals surface area (Å²) < 4.78 is 0. The van der Waals surface area contributed by atoms with Gasteiger partial charge < -0.3 is 10.2 Å². The predicted octanol–water partition coefficient (Wildman–Crippen LogP) is 1.60. The van der Waals surface area contributed by atoms with Crippen LogP contribution in [0.4, 0.5) is 0 Å². The molecule has 0 aromatic heterocycles. The number of carbonyl (C=O) groups is 2. The van der Waals surface area contributed by atoms with E-state index in [0.29, 0.717) is 6.42 Å². The number of unbranched alkanes of at least 4 members (excludes halogenated alkanes) is 1. The molecular formula is C9H16O4. The van der Waals surface area contributed by atoms with Crippen LogP contribution in [0, 0.1) is 11.8 Å². The average Bonchev–Trinajstić information content (AvgIpc) is 1.99. The Bertz CT molecular complexity index is 174. The van der Waals surface area contributed by atoms with Gasteiger partial charge in [-0.1, -0.05) is 26.7 Å². The minimum atomic E-state index is -1.26. The zero-order valence-corrected chi connectivity index (χ0v) is 7.99. The van der Waals surface area contributed by atoms with E-state index in [0.717, 1.165) is 12.8 Å². The third kappa shape index (κ3) is 3.92. The first-order valence-electron chi connectivity index (χ1n) is 4.46. The first-order valence-corrected chi connectivity index (χ1v) is 4.46. The Kier molecular flexibility index (Phi) is 5.11. The summed E-state index contributed by atoms with van der Waals surface area (Å²) in [4.78, 5) is 21.1. The highest BCUT2D eigenvalue weighted by atomic mass is 16.4. The molecule has 13 heavy (non-hydrogen) atoms. The lowest BCUT2D eigenvalue weighted by Crippen LogP contribution is -2.29. The van der Waals surface area contributed by atoms with Gasteiger partial charge in [0.25, 0.3) is 0 Å². The second-order valence-corrected chi connectivity index (χ2v) is 3.27. The van der Waals surface area contributed by atoms with Crippen LogP contribution in [0.15, 0.2) is 0 Å². The predicted molar refractivity (Wildman–Crippen MR) is 47.5 cm³/mol. The summed E-state index contributed by atoms with van der Waals surface area (Å²) in [6, 6.07) is 0. The molecule has 0 amide bonds. The Balaban J connectivity index is 4.20. The first kappa shape index (κ1) is 11.9. The molecule has 0 saturated carbocycles. The van der Waals surface area contributed by atoms with Gasteiger partial charge in [-0.15, -0.1) is 0 Å². The molecule has 0 heterocycles. The molecule has 0 aliphatic heterocycles. The van der Waals surface area contributed by atoms with E-state index in [-0.39, 0.29) is 5.92 Å². The van der Waals surface area contributed by atoms with E-state index in [4.69, 9.17) is 10.2 Å².